The van der Waals surface area contributed by atoms with Gasteiger partial charge in [-0.1, -0.05) is 110 Å². The van der Waals surface area contributed by atoms with E-state index in [1.54, 1.807) is 0 Å². The van der Waals surface area contributed by atoms with Crippen molar-refractivity contribution >= 4 is 5.97 Å². The Morgan fingerprint density at radius 1 is 0.800 bits per heavy atom. The monoisotopic (exact) mass is 468 g/mol. The lowest BCUT2D eigenvalue weighted by Crippen LogP contribution is -2.21. The molecule has 0 aliphatic carbocycles. The zero-order valence-corrected chi connectivity index (χ0v) is 20.1. The van der Waals surface area contributed by atoms with E-state index in [4.69, 9.17) is 14.8 Å². The summed E-state index contributed by atoms with van der Waals surface area (Å²) in [5.41, 5.74) is 5.45. The summed E-state index contributed by atoms with van der Waals surface area (Å²) >= 11 is 0. The van der Waals surface area contributed by atoms with Gasteiger partial charge in [0.05, 0.1) is 11.4 Å². The number of imidazole rings is 1. The smallest absolute Gasteiger partial charge is 0.332 e. The number of rotatable bonds is 12. The van der Waals surface area contributed by atoms with Crippen molar-refractivity contribution in [1.29, 1.82) is 0 Å². The molecule has 5 heteroatoms. The molecular weight excluding hydrogens is 436 g/mol. The molecule has 3 aromatic carbocycles. The van der Waals surface area contributed by atoms with Crippen LogP contribution in [0.2, 0.25) is 0 Å². The van der Waals surface area contributed by atoms with Crippen molar-refractivity contribution in [3.8, 4) is 33.9 Å². The van der Waals surface area contributed by atoms with Gasteiger partial charge in [0.2, 0.25) is 0 Å². The van der Waals surface area contributed by atoms with Crippen LogP contribution >= 0.6 is 0 Å². The maximum absolute atomic E-state index is 11.2. The molecule has 0 aliphatic rings. The van der Waals surface area contributed by atoms with Crippen LogP contribution in [-0.4, -0.2) is 33.8 Å². The first-order valence-corrected chi connectivity index (χ1v) is 12.2. The summed E-state index contributed by atoms with van der Waals surface area (Å²) < 4.78 is 7.40. The average Bonchev–Trinajstić information content (AvgIpc) is 3.29. The summed E-state index contributed by atoms with van der Waals surface area (Å²) in [6.45, 7) is 0.834. The zero-order valence-electron chi connectivity index (χ0n) is 20.1. The van der Waals surface area contributed by atoms with Crippen LogP contribution in [0.3, 0.4) is 0 Å². The Balaban J connectivity index is 1.63. The second-order valence-electron chi connectivity index (χ2n) is 8.65. The average molecular weight is 469 g/mol. The number of hydrogen-bond donors (Lipinski definition) is 1. The minimum absolute atomic E-state index is 0.541. The van der Waals surface area contributed by atoms with Crippen LogP contribution < -0.4 is 0 Å². The normalized spacial score (nSPS) is 11.9. The van der Waals surface area contributed by atoms with Crippen molar-refractivity contribution in [2.75, 3.05) is 7.11 Å². The molecule has 35 heavy (non-hydrogen) atoms. The van der Waals surface area contributed by atoms with Gasteiger partial charge in [0.1, 0.15) is 5.82 Å². The lowest BCUT2D eigenvalue weighted by molar-refractivity contribution is -0.148. The minimum Gasteiger partial charge on any atom is -0.479 e. The predicted molar refractivity (Wildman–Crippen MR) is 140 cm³/mol. The van der Waals surface area contributed by atoms with Crippen LogP contribution in [0, 0.1) is 0 Å². The van der Waals surface area contributed by atoms with Gasteiger partial charge in [-0.3, -0.25) is 0 Å². The summed E-state index contributed by atoms with van der Waals surface area (Å²) in [7, 11) is 1.46. The topological polar surface area (TPSA) is 64.4 Å². The summed E-state index contributed by atoms with van der Waals surface area (Å²) in [5.74, 6) is 0.0768. The second-order valence-corrected chi connectivity index (χ2v) is 8.65. The molecule has 0 amide bonds. The van der Waals surface area contributed by atoms with E-state index < -0.39 is 12.1 Å². The summed E-state index contributed by atoms with van der Waals surface area (Å²) in [6, 6.07) is 31.2. The third-order valence-corrected chi connectivity index (χ3v) is 6.25. The molecule has 1 aromatic heterocycles. The fraction of sp³-hybridized carbons (Fsp3) is 0.267. The third kappa shape index (κ3) is 6.06. The van der Waals surface area contributed by atoms with Crippen molar-refractivity contribution < 1.29 is 14.6 Å². The van der Waals surface area contributed by atoms with Gasteiger partial charge in [0, 0.05) is 30.3 Å². The van der Waals surface area contributed by atoms with E-state index in [0.29, 0.717) is 6.42 Å². The van der Waals surface area contributed by atoms with Crippen molar-refractivity contribution in [3.05, 3.63) is 91.0 Å². The molecule has 0 radical (unpaired) electrons. The van der Waals surface area contributed by atoms with Crippen LogP contribution in [0.15, 0.2) is 91.0 Å². The Morgan fingerprint density at radius 3 is 1.91 bits per heavy atom. The number of unbranched alkanes of at least 4 members (excludes halogenated alkanes) is 3. The van der Waals surface area contributed by atoms with E-state index in [9.17, 15) is 4.79 Å². The number of benzene rings is 3. The first kappa shape index (κ1) is 24.4. The van der Waals surface area contributed by atoms with E-state index in [-0.39, 0.29) is 0 Å². The number of nitrogens with zero attached hydrogens (tertiary/aromatic N) is 2. The number of methoxy groups -OCH3 is 1. The molecule has 1 heterocycles. The fourth-order valence-electron chi connectivity index (χ4n) is 4.46. The Bertz CT molecular complexity index is 1200. The van der Waals surface area contributed by atoms with Crippen LogP contribution in [0.4, 0.5) is 0 Å². The van der Waals surface area contributed by atoms with E-state index >= 15 is 0 Å². The number of ether oxygens (including phenoxy) is 1. The Labute approximate surface area is 207 Å². The lowest BCUT2D eigenvalue weighted by Gasteiger charge is -2.14. The van der Waals surface area contributed by atoms with Crippen molar-refractivity contribution in [3.63, 3.8) is 0 Å². The van der Waals surface area contributed by atoms with Gasteiger partial charge in [-0.25, -0.2) is 9.78 Å². The van der Waals surface area contributed by atoms with Crippen molar-refractivity contribution in [1.82, 2.24) is 9.55 Å². The number of aliphatic carboxylic acids is 1. The van der Waals surface area contributed by atoms with Gasteiger partial charge in [0.15, 0.2) is 6.10 Å². The molecule has 4 rings (SSSR count). The van der Waals surface area contributed by atoms with Crippen molar-refractivity contribution in [2.45, 2.75) is 44.8 Å². The first-order valence-electron chi connectivity index (χ1n) is 12.2. The van der Waals surface area contributed by atoms with Gasteiger partial charge >= 0.3 is 5.97 Å². The molecule has 0 bridgehead atoms. The van der Waals surface area contributed by atoms with Gasteiger partial charge in [-0.15, -0.1) is 0 Å². The number of carboxylic acid groups (broad SMARTS) is 1. The van der Waals surface area contributed by atoms with Gasteiger partial charge in [-0.05, 0) is 12.8 Å². The molecule has 0 aliphatic heterocycles. The molecular formula is C30H32N2O3. The number of aromatic nitrogens is 2. The van der Waals surface area contributed by atoms with Crippen LogP contribution in [0.5, 0.6) is 0 Å². The first-order chi connectivity index (χ1) is 17.2. The highest BCUT2D eigenvalue weighted by molar-refractivity contribution is 5.82. The molecule has 1 N–H and O–H groups in total. The van der Waals surface area contributed by atoms with E-state index in [1.807, 2.05) is 30.3 Å². The molecule has 1 unspecified atom stereocenters. The highest BCUT2D eigenvalue weighted by atomic mass is 16.5. The van der Waals surface area contributed by atoms with E-state index in [1.165, 1.54) is 7.11 Å². The summed E-state index contributed by atoms with van der Waals surface area (Å²) in [5, 5.41) is 9.16. The summed E-state index contributed by atoms with van der Waals surface area (Å²) in [4.78, 5) is 16.3. The third-order valence-electron chi connectivity index (χ3n) is 6.25. The SMILES string of the molecule is COC(CCCCCCn1c(-c2ccccc2)nc(-c2ccccc2)c1-c1ccccc1)C(=O)O. The highest BCUT2D eigenvalue weighted by Crippen LogP contribution is 2.36. The van der Waals surface area contributed by atoms with Crippen molar-refractivity contribution in [2.24, 2.45) is 0 Å². The standard InChI is InChI=1S/C30H32N2O3/c1-35-26(30(33)34)21-13-2-3-14-22-32-28(24-17-9-5-10-18-24)27(23-15-7-4-8-16-23)31-29(32)25-19-11-6-12-20-25/h4-12,15-20,26H,2-3,13-14,21-22H2,1H3,(H,33,34). The van der Waals surface area contributed by atoms with Crippen LogP contribution in [-0.2, 0) is 16.1 Å². The molecule has 0 saturated heterocycles. The van der Waals surface area contributed by atoms with Gasteiger partial charge < -0.3 is 14.4 Å². The van der Waals surface area contributed by atoms with Crippen LogP contribution in [0.1, 0.15) is 32.1 Å². The van der Waals surface area contributed by atoms with Gasteiger partial charge in [0.25, 0.3) is 0 Å². The maximum atomic E-state index is 11.2. The molecule has 4 aromatic rings. The number of carbonyl (C=O) groups is 1. The lowest BCUT2D eigenvalue weighted by atomic mass is 10.0. The molecule has 0 fully saturated rings. The maximum Gasteiger partial charge on any atom is 0.332 e. The predicted octanol–water partition coefficient (Wildman–Crippen LogP) is 6.93. The number of hydrogen-bond acceptors (Lipinski definition) is 3. The van der Waals surface area contributed by atoms with Crippen LogP contribution in [0.25, 0.3) is 33.9 Å². The fourth-order valence-corrected chi connectivity index (χ4v) is 4.46. The zero-order chi connectivity index (χ0) is 24.5. The quantitative estimate of drug-likeness (QED) is 0.229. The van der Waals surface area contributed by atoms with E-state index in [0.717, 1.165) is 66.1 Å². The largest absolute Gasteiger partial charge is 0.479 e. The van der Waals surface area contributed by atoms with Gasteiger partial charge in [-0.2, -0.15) is 0 Å². The molecule has 5 nitrogen and oxygen atoms in total. The Hall–Kier alpha value is -3.70. The molecule has 1 atom stereocenters. The van der Waals surface area contributed by atoms with E-state index in [2.05, 4.69) is 65.2 Å². The molecule has 180 valence electrons. The summed E-state index contributed by atoms with van der Waals surface area (Å²) in [6.07, 6.45) is 3.62. The highest BCUT2D eigenvalue weighted by Gasteiger charge is 2.21. The Kier molecular flexibility index (Phi) is 8.47. The second kappa shape index (κ2) is 12.1. The number of carboxylic acids is 1. The molecule has 0 saturated carbocycles. The molecule has 0 spiro atoms. The Morgan fingerprint density at radius 2 is 1.34 bits per heavy atom. The minimum atomic E-state index is -0.889.